The summed E-state index contributed by atoms with van der Waals surface area (Å²) in [6.07, 6.45) is 5.26. The van der Waals surface area contributed by atoms with Gasteiger partial charge in [-0.25, -0.2) is 0 Å². The van der Waals surface area contributed by atoms with E-state index in [4.69, 9.17) is 0 Å². The molecule has 102 valence electrons. The van der Waals surface area contributed by atoms with Gasteiger partial charge in [-0.15, -0.1) is 0 Å². The van der Waals surface area contributed by atoms with E-state index in [1.54, 1.807) is 18.2 Å². The summed E-state index contributed by atoms with van der Waals surface area (Å²) in [5.41, 5.74) is 2.04. The number of phenolic OH excluding ortho intramolecular Hbond substituents is 1. The van der Waals surface area contributed by atoms with Gasteiger partial charge in [0, 0.05) is 11.8 Å². The molecule has 4 rings (SSSR count). The summed E-state index contributed by atoms with van der Waals surface area (Å²) in [6.45, 7) is 1.85. The van der Waals surface area contributed by atoms with Crippen LogP contribution < -0.4 is 0 Å². The summed E-state index contributed by atoms with van der Waals surface area (Å²) < 4.78 is 0. The monoisotopic (exact) mass is 268 g/mol. The van der Waals surface area contributed by atoms with Crippen LogP contribution >= 0.6 is 0 Å². The summed E-state index contributed by atoms with van der Waals surface area (Å²) in [4.78, 5) is 12.7. The Bertz CT molecular complexity index is 683. The number of allylic oxidation sites excluding steroid dienone is 4. The zero-order valence-corrected chi connectivity index (χ0v) is 11.2. The Hall–Kier alpha value is -2.03. The minimum Gasteiger partial charge on any atom is -0.511 e. The lowest BCUT2D eigenvalue weighted by Crippen LogP contribution is -2.22. The molecule has 0 radical (unpaired) electrons. The molecular formula is C17H16O3. The molecule has 2 N–H and O–H groups in total. The predicted molar refractivity (Wildman–Crippen MR) is 75.1 cm³/mol. The quantitative estimate of drug-likeness (QED) is 0.770. The van der Waals surface area contributed by atoms with E-state index >= 15 is 0 Å². The smallest absolute Gasteiger partial charge is 0.171 e. The van der Waals surface area contributed by atoms with Gasteiger partial charge < -0.3 is 10.2 Å². The van der Waals surface area contributed by atoms with Gasteiger partial charge in [0.2, 0.25) is 0 Å². The minimum atomic E-state index is -0.0757. The van der Waals surface area contributed by atoms with Crippen LogP contribution in [0.1, 0.15) is 17.5 Å². The first-order valence-corrected chi connectivity index (χ1v) is 7.03. The van der Waals surface area contributed by atoms with Crippen molar-refractivity contribution in [2.24, 2.45) is 23.7 Å². The van der Waals surface area contributed by atoms with Gasteiger partial charge in [-0.05, 0) is 48.4 Å². The number of Topliss-reactive ketones (excluding diaryl/α,β-unsaturated/α-hetero) is 1. The highest BCUT2D eigenvalue weighted by Crippen LogP contribution is 2.57. The normalized spacial score (nSPS) is 34.1. The molecule has 1 fully saturated rings. The number of rotatable bonds is 1. The number of aliphatic hydroxyl groups excluding tert-OH is 1. The van der Waals surface area contributed by atoms with Crippen LogP contribution in [0.3, 0.4) is 0 Å². The Morgan fingerprint density at radius 1 is 1.10 bits per heavy atom. The third kappa shape index (κ3) is 1.33. The van der Waals surface area contributed by atoms with Gasteiger partial charge in [0.15, 0.2) is 5.78 Å². The zero-order chi connectivity index (χ0) is 14.0. The highest BCUT2D eigenvalue weighted by Gasteiger charge is 2.55. The van der Waals surface area contributed by atoms with Crippen molar-refractivity contribution in [1.82, 2.24) is 0 Å². The van der Waals surface area contributed by atoms with Crippen molar-refractivity contribution in [3.05, 3.63) is 47.2 Å². The van der Waals surface area contributed by atoms with E-state index in [1.165, 1.54) is 0 Å². The minimum absolute atomic E-state index is 0.0271. The van der Waals surface area contributed by atoms with E-state index in [0.29, 0.717) is 11.5 Å². The largest absolute Gasteiger partial charge is 0.511 e. The van der Waals surface area contributed by atoms with Crippen LogP contribution in [0.4, 0.5) is 0 Å². The number of benzene rings is 1. The van der Waals surface area contributed by atoms with Crippen LogP contribution in [-0.2, 0) is 4.79 Å². The lowest BCUT2D eigenvalue weighted by Gasteiger charge is -2.19. The number of aliphatic hydroxyl groups is 1. The van der Waals surface area contributed by atoms with Gasteiger partial charge in [0.1, 0.15) is 11.5 Å². The molecule has 3 nitrogen and oxygen atoms in total. The van der Waals surface area contributed by atoms with Crippen LogP contribution in [-0.4, -0.2) is 16.0 Å². The predicted octanol–water partition coefficient (Wildman–Crippen LogP) is 2.99. The van der Waals surface area contributed by atoms with Crippen LogP contribution in [0.2, 0.25) is 0 Å². The second-order valence-corrected chi connectivity index (χ2v) is 6.12. The van der Waals surface area contributed by atoms with Crippen molar-refractivity contribution in [2.75, 3.05) is 0 Å². The van der Waals surface area contributed by atoms with Crippen LogP contribution in [0.5, 0.6) is 5.75 Å². The first kappa shape index (κ1) is 11.8. The van der Waals surface area contributed by atoms with Gasteiger partial charge in [0.25, 0.3) is 0 Å². The van der Waals surface area contributed by atoms with Gasteiger partial charge in [-0.1, -0.05) is 18.2 Å². The Labute approximate surface area is 117 Å². The fourth-order valence-corrected chi connectivity index (χ4v) is 4.21. The topological polar surface area (TPSA) is 57.5 Å². The highest BCUT2D eigenvalue weighted by molar-refractivity contribution is 6.25. The molecule has 0 saturated heterocycles. The first-order valence-electron chi connectivity index (χ1n) is 7.03. The summed E-state index contributed by atoms with van der Waals surface area (Å²) in [5, 5.41) is 20.1. The van der Waals surface area contributed by atoms with Crippen LogP contribution in [0.15, 0.2) is 36.1 Å². The first-order chi connectivity index (χ1) is 9.58. The molecule has 0 spiro atoms. The van der Waals surface area contributed by atoms with E-state index in [9.17, 15) is 15.0 Å². The van der Waals surface area contributed by atoms with E-state index in [2.05, 4.69) is 12.2 Å². The number of aromatic hydroxyl groups is 1. The molecule has 4 unspecified atom stereocenters. The number of phenols is 1. The van der Waals surface area contributed by atoms with E-state index in [1.807, 2.05) is 6.92 Å². The van der Waals surface area contributed by atoms with Gasteiger partial charge in [0.05, 0.1) is 5.57 Å². The molecular weight excluding hydrogens is 252 g/mol. The molecule has 0 amide bonds. The van der Waals surface area contributed by atoms with Crippen molar-refractivity contribution >= 4 is 11.4 Å². The third-order valence-corrected chi connectivity index (χ3v) is 5.06. The fraction of sp³-hybridized carbons (Fsp3) is 0.353. The Kier molecular flexibility index (Phi) is 2.21. The second kappa shape index (κ2) is 3.75. The molecule has 20 heavy (non-hydrogen) atoms. The molecule has 1 aromatic carbocycles. The summed E-state index contributed by atoms with van der Waals surface area (Å²) in [5.74, 6) is 0.995. The molecule has 3 aliphatic rings. The Morgan fingerprint density at radius 2 is 1.80 bits per heavy atom. The lowest BCUT2D eigenvalue weighted by atomic mass is 9.84. The van der Waals surface area contributed by atoms with Gasteiger partial charge in [-0.3, -0.25) is 4.79 Å². The van der Waals surface area contributed by atoms with E-state index in [-0.39, 0.29) is 35.0 Å². The second-order valence-electron chi connectivity index (χ2n) is 6.12. The maximum atomic E-state index is 12.7. The molecule has 3 heteroatoms. The molecule has 4 atom stereocenters. The lowest BCUT2D eigenvalue weighted by molar-refractivity contribution is -0.118. The number of hydrogen-bond acceptors (Lipinski definition) is 3. The van der Waals surface area contributed by atoms with Crippen molar-refractivity contribution in [3.63, 3.8) is 0 Å². The molecule has 3 aliphatic carbocycles. The maximum Gasteiger partial charge on any atom is 0.171 e. The van der Waals surface area contributed by atoms with Crippen molar-refractivity contribution in [3.8, 4) is 5.75 Å². The van der Waals surface area contributed by atoms with Crippen molar-refractivity contribution in [1.29, 1.82) is 0 Å². The van der Waals surface area contributed by atoms with E-state index in [0.717, 1.165) is 17.5 Å². The van der Waals surface area contributed by atoms with Gasteiger partial charge >= 0.3 is 0 Å². The average Bonchev–Trinajstić information content (AvgIpc) is 3.06. The van der Waals surface area contributed by atoms with Crippen molar-refractivity contribution < 1.29 is 15.0 Å². The summed E-state index contributed by atoms with van der Waals surface area (Å²) in [7, 11) is 0. The highest BCUT2D eigenvalue weighted by atomic mass is 16.3. The van der Waals surface area contributed by atoms with Crippen LogP contribution in [0.25, 0.3) is 5.57 Å². The van der Waals surface area contributed by atoms with Gasteiger partial charge in [-0.2, -0.15) is 0 Å². The zero-order valence-electron chi connectivity index (χ0n) is 11.2. The van der Waals surface area contributed by atoms with E-state index < -0.39 is 0 Å². The fourth-order valence-electron chi connectivity index (χ4n) is 4.21. The molecule has 0 aromatic heterocycles. The Morgan fingerprint density at radius 3 is 2.45 bits per heavy atom. The van der Waals surface area contributed by atoms with Crippen LogP contribution in [0, 0.1) is 30.6 Å². The molecule has 2 bridgehead atoms. The SMILES string of the molecule is Cc1cc(O)ccc1C1=C(O)C2C3C=CC(C3)C2C1=O. The third-order valence-electron chi connectivity index (χ3n) is 5.06. The Balaban J connectivity index is 1.85. The number of carbonyl (C=O) groups excluding carboxylic acids is 1. The van der Waals surface area contributed by atoms with Crippen molar-refractivity contribution in [2.45, 2.75) is 13.3 Å². The number of fused-ring (bicyclic) bond motifs is 5. The summed E-state index contributed by atoms with van der Waals surface area (Å²) >= 11 is 0. The standard InChI is InChI=1S/C17H16O3/c1-8-6-11(18)4-5-12(8)15-16(19)13-9-2-3-10(7-9)14(13)17(15)20/h2-6,9-10,13-14,18-19H,7H2,1H3. The summed E-state index contributed by atoms with van der Waals surface area (Å²) in [6, 6.07) is 4.92. The maximum absolute atomic E-state index is 12.7. The molecule has 0 heterocycles. The number of ketones is 1. The average molecular weight is 268 g/mol. The number of aryl methyl sites for hydroxylation is 1. The number of hydrogen-bond donors (Lipinski definition) is 2. The molecule has 1 aromatic rings. The number of carbonyl (C=O) groups is 1. The molecule has 0 aliphatic heterocycles. The molecule has 1 saturated carbocycles.